The average molecular weight is 319 g/mol. The van der Waals surface area contributed by atoms with Crippen LogP contribution in [0.3, 0.4) is 0 Å². The Balaban J connectivity index is 2.14. The van der Waals surface area contributed by atoms with Crippen molar-refractivity contribution in [3.05, 3.63) is 29.6 Å². The van der Waals surface area contributed by atoms with E-state index in [1.54, 1.807) is 11.8 Å². The number of thioether (sulfide) groups is 1. The van der Waals surface area contributed by atoms with Crippen molar-refractivity contribution in [1.29, 1.82) is 0 Å². The van der Waals surface area contributed by atoms with E-state index in [9.17, 15) is 12.8 Å². The van der Waals surface area contributed by atoms with Crippen LogP contribution in [0.25, 0.3) is 0 Å². The van der Waals surface area contributed by atoms with Gasteiger partial charge in [0.25, 0.3) is 0 Å². The number of benzene rings is 1. The minimum atomic E-state index is -3.67. The van der Waals surface area contributed by atoms with E-state index in [1.165, 1.54) is 12.1 Å². The molecular weight excluding hydrogens is 301 g/mol. The van der Waals surface area contributed by atoms with Gasteiger partial charge >= 0.3 is 0 Å². The van der Waals surface area contributed by atoms with Gasteiger partial charge in [-0.3, -0.25) is 0 Å². The Labute approximate surface area is 122 Å². The summed E-state index contributed by atoms with van der Waals surface area (Å²) in [6.07, 6.45) is 5.10. The number of aliphatic hydroxyl groups is 1. The third kappa shape index (κ3) is 3.16. The highest BCUT2D eigenvalue weighted by molar-refractivity contribution is 8.00. The smallest absolute Gasteiger partial charge is 0.240 e. The summed E-state index contributed by atoms with van der Waals surface area (Å²) in [5, 5.41) is 8.99. The van der Waals surface area contributed by atoms with Gasteiger partial charge in [0.2, 0.25) is 10.0 Å². The number of aliphatic hydroxyl groups excluding tert-OH is 1. The summed E-state index contributed by atoms with van der Waals surface area (Å²) in [6, 6.07) is 3.45. The lowest BCUT2D eigenvalue weighted by atomic mass is 9.84. The van der Waals surface area contributed by atoms with Crippen molar-refractivity contribution in [3.8, 4) is 0 Å². The Morgan fingerprint density at radius 3 is 2.65 bits per heavy atom. The van der Waals surface area contributed by atoms with E-state index in [0.717, 1.165) is 25.3 Å². The molecule has 1 aliphatic carbocycles. The molecule has 112 valence electrons. The predicted molar refractivity (Wildman–Crippen MR) is 77.6 cm³/mol. The molecule has 2 N–H and O–H groups in total. The van der Waals surface area contributed by atoms with Gasteiger partial charge in [-0.1, -0.05) is 6.42 Å². The molecule has 7 heteroatoms. The summed E-state index contributed by atoms with van der Waals surface area (Å²) in [6.45, 7) is -0.147. The number of hydrogen-bond donors (Lipinski definition) is 2. The zero-order valence-corrected chi connectivity index (χ0v) is 12.9. The minimum Gasteiger partial charge on any atom is -0.392 e. The van der Waals surface area contributed by atoms with Crippen LogP contribution in [0.4, 0.5) is 4.39 Å². The lowest BCUT2D eigenvalue weighted by Gasteiger charge is -2.40. The van der Waals surface area contributed by atoms with E-state index in [-0.39, 0.29) is 15.2 Å². The van der Waals surface area contributed by atoms with Crippen molar-refractivity contribution in [2.45, 2.75) is 35.5 Å². The molecule has 1 aliphatic rings. The standard InChI is InChI=1S/C13H18FNO3S2/c1-19-13(5-2-6-13)9-15-20(17,18)11-3-4-12(14)10(7-11)8-16/h3-4,7,15-16H,2,5-6,8-9H2,1H3. The van der Waals surface area contributed by atoms with Crippen molar-refractivity contribution < 1.29 is 17.9 Å². The van der Waals surface area contributed by atoms with Crippen LogP contribution in [0.15, 0.2) is 23.1 Å². The molecule has 0 saturated heterocycles. The molecule has 0 radical (unpaired) electrons. The summed E-state index contributed by atoms with van der Waals surface area (Å²) in [4.78, 5) is -0.0153. The predicted octanol–water partition coefficient (Wildman–Crippen LogP) is 1.88. The highest BCUT2D eigenvalue weighted by Gasteiger charge is 2.37. The molecule has 0 aliphatic heterocycles. The molecule has 0 bridgehead atoms. The third-order valence-electron chi connectivity index (χ3n) is 3.78. The Hall–Kier alpha value is -0.630. The Morgan fingerprint density at radius 1 is 1.45 bits per heavy atom. The van der Waals surface area contributed by atoms with Gasteiger partial charge in [0.05, 0.1) is 11.5 Å². The van der Waals surface area contributed by atoms with Crippen molar-refractivity contribution in [2.24, 2.45) is 0 Å². The van der Waals surface area contributed by atoms with E-state index < -0.39 is 22.4 Å². The van der Waals surface area contributed by atoms with Gasteiger partial charge in [0.15, 0.2) is 0 Å². The molecule has 1 saturated carbocycles. The van der Waals surface area contributed by atoms with E-state index in [4.69, 9.17) is 5.11 Å². The molecule has 20 heavy (non-hydrogen) atoms. The van der Waals surface area contributed by atoms with E-state index in [2.05, 4.69) is 4.72 Å². The lowest BCUT2D eigenvalue weighted by Crippen LogP contribution is -2.45. The van der Waals surface area contributed by atoms with Crippen LogP contribution in [-0.4, -0.2) is 31.1 Å². The number of halogens is 1. The molecule has 1 aromatic rings. The minimum absolute atomic E-state index is 0.00703. The van der Waals surface area contributed by atoms with Crippen molar-refractivity contribution in [2.75, 3.05) is 12.8 Å². The SMILES string of the molecule is CSC1(CNS(=O)(=O)c2ccc(F)c(CO)c2)CCC1. The van der Waals surface area contributed by atoms with Crippen molar-refractivity contribution in [1.82, 2.24) is 4.72 Å². The van der Waals surface area contributed by atoms with E-state index in [0.29, 0.717) is 6.54 Å². The topological polar surface area (TPSA) is 66.4 Å². The Kier molecular flexibility index (Phi) is 4.73. The molecule has 0 aromatic heterocycles. The number of rotatable bonds is 6. The molecular formula is C13H18FNO3S2. The van der Waals surface area contributed by atoms with E-state index in [1.807, 2.05) is 6.26 Å². The van der Waals surface area contributed by atoms with Crippen LogP contribution >= 0.6 is 11.8 Å². The second-order valence-electron chi connectivity index (χ2n) is 4.98. The molecule has 1 fully saturated rings. The van der Waals surface area contributed by atoms with Crippen LogP contribution in [-0.2, 0) is 16.6 Å². The van der Waals surface area contributed by atoms with Gasteiger partial charge in [-0.25, -0.2) is 17.5 Å². The van der Waals surface area contributed by atoms with Crippen LogP contribution in [0.2, 0.25) is 0 Å². The van der Waals surface area contributed by atoms with Gasteiger partial charge in [-0.05, 0) is 37.3 Å². The molecule has 2 rings (SSSR count). The first-order valence-corrected chi connectivity index (χ1v) is 9.07. The quantitative estimate of drug-likeness (QED) is 0.840. The zero-order valence-electron chi connectivity index (χ0n) is 11.2. The fraction of sp³-hybridized carbons (Fsp3) is 0.538. The van der Waals surface area contributed by atoms with Crippen LogP contribution in [0.1, 0.15) is 24.8 Å². The molecule has 0 atom stereocenters. The second kappa shape index (κ2) is 6.01. The van der Waals surface area contributed by atoms with Crippen LogP contribution in [0, 0.1) is 5.82 Å². The van der Waals surface area contributed by atoms with E-state index >= 15 is 0 Å². The normalized spacial score (nSPS) is 17.8. The monoisotopic (exact) mass is 319 g/mol. The fourth-order valence-corrected chi connectivity index (χ4v) is 4.36. The van der Waals surface area contributed by atoms with Gasteiger partial charge in [-0.2, -0.15) is 11.8 Å². The highest BCUT2D eigenvalue weighted by atomic mass is 32.2. The number of hydrogen-bond acceptors (Lipinski definition) is 4. The summed E-state index contributed by atoms with van der Waals surface area (Å²) >= 11 is 1.68. The zero-order chi connectivity index (χ0) is 14.8. The van der Waals surface area contributed by atoms with Crippen LogP contribution < -0.4 is 4.72 Å². The average Bonchev–Trinajstić information content (AvgIpc) is 2.38. The summed E-state index contributed by atoms with van der Waals surface area (Å²) in [5.74, 6) is -0.606. The highest BCUT2D eigenvalue weighted by Crippen LogP contribution is 2.42. The molecule has 0 heterocycles. The van der Waals surface area contributed by atoms with Gasteiger partial charge in [0, 0.05) is 16.9 Å². The van der Waals surface area contributed by atoms with Crippen molar-refractivity contribution >= 4 is 21.8 Å². The largest absolute Gasteiger partial charge is 0.392 e. The maximum atomic E-state index is 13.3. The first kappa shape index (κ1) is 15.8. The Morgan fingerprint density at radius 2 is 2.15 bits per heavy atom. The maximum Gasteiger partial charge on any atom is 0.240 e. The number of nitrogens with one attached hydrogen (secondary N) is 1. The summed E-state index contributed by atoms with van der Waals surface area (Å²) < 4.78 is 40.2. The Bertz CT molecular complexity index is 580. The fourth-order valence-electron chi connectivity index (χ4n) is 2.17. The summed E-state index contributed by atoms with van der Waals surface area (Å²) in [5.41, 5.74) is -0.0175. The number of sulfonamides is 1. The van der Waals surface area contributed by atoms with Crippen molar-refractivity contribution in [3.63, 3.8) is 0 Å². The lowest BCUT2D eigenvalue weighted by molar-refractivity contribution is 0.275. The first-order chi connectivity index (χ1) is 9.42. The summed E-state index contributed by atoms with van der Waals surface area (Å²) in [7, 11) is -3.67. The van der Waals surface area contributed by atoms with Gasteiger partial charge < -0.3 is 5.11 Å². The molecule has 0 spiro atoms. The maximum absolute atomic E-state index is 13.3. The second-order valence-corrected chi connectivity index (χ2v) is 8.02. The molecule has 0 unspecified atom stereocenters. The third-order valence-corrected chi connectivity index (χ3v) is 6.60. The molecule has 4 nitrogen and oxygen atoms in total. The molecule has 0 amide bonds. The van der Waals surface area contributed by atoms with Crippen LogP contribution in [0.5, 0.6) is 0 Å². The molecule has 1 aromatic carbocycles. The van der Waals surface area contributed by atoms with Gasteiger partial charge in [-0.15, -0.1) is 0 Å². The van der Waals surface area contributed by atoms with Gasteiger partial charge in [0.1, 0.15) is 5.82 Å². The first-order valence-electron chi connectivity index (χ1n) is 6.36.